The maximum Gasteiger partial charge on any atom is 0.251 e. The van der Waals surface area contributed by atoms with E-state index in [1.165, 1.54) is 36.9 Å². The van der Waals surface area contributed by atoms with E-state index < -0.39 is 11.6 Å². The number of aromatic nitrogens is 6. The highest BCUT2D eigenvalue weighted by molar-refractivity contribution is 5.96. The van der Waals surface area contributed by atoms with Gasteiger partial charge in [-0.3, -0.25) is 14.5 Å². The smallest absolute Gasteiger partial charge is 0.251 e. The third-order valence-corrected chi connectivity index (χ3v) is 8.59. The predicted octanol–water partition coefficient (Wildman–Crippen LogP) is 3.18. The fraction of sp³-hybridized carbons (Fsp3) is 0.263. The van der Waals surface area contributed by atoms with Gasteiger partial charge in [0.15, 0.2) is 11.6 Å². The first-order valence-corrected chi connectivity index (χ1v) is 17.4. The molecule has 1 aliphatic rings. The molecule has 15 nitrogen and oxygen atoms in total. The molecule has 0 saturated carbocycles. The van der Waals surface area contributed by atoms with Crippen LogP contribution in [0.1, 0.15) is 20.7 Å². The Kier molecular flexibility index (Phi) is 12.4. The molecule has 2 aromatic carbocycles. The fourth-order valence-electron chi connectivity index (χ4n) is 5.73. The standard InChI is InChI=1S/C20H21FN6O2.C18H19FN6O/c21-15-10-13(16-1-2-17-18(26-16)19(22)25-12-24-17)9-14(11-15)20(28)23-3-4-27-5-7-29-8-6-27;1-25(2)6-5-21-18(26)12-7-11(8-13(19)9-12)14-3-4-15-16(24-14)17(20)23-10-22-15/h1-2,9-12H,3-8H2,(H,23,28)(H2,22,24,25);3-4,7-10H,5-6H2,1-2H3,(H,21,26)(H2,20,22,23). The van der Waals surface area contributed by atoms with Crippen LogP contribution in [0.2, 0.25) is 0 Å². The number of nitrogens with two attached hydrogens (primary N) is 2. The number of nitrogens with one attached hydrogen (secondary N) is 2. The van der Waals surface area contributed by atoms with Crippen LogP contribution in [0.5, 0.6) is 0 Å². The Morgan fingerprint density at radius 3 is 1.71 bits per heavy atom. The molecule has 6 N–H and O–H groups in total. The normalized spacial score (nSPS) is 13.0. The molecule has 2 amide bonds. The summed E-state index contributed by atoms with van der Waals surface area (Å²) in [7, 11) is 3.82. The van der Waals surface area contributed by atoms with Crippen LogP contribution >= 0.6 is 0 Å². The number of nitrogen functional groups attached to an aromatic ring is 2. The van der Waals surface area contributed by atoms with Crippen molar-refractivity contribution >= 4 is 45.5 Å². The zero-order valence-corrected chi connectivity index (χ0v) is 30.3. The predicted molar refractivity (Wildman–Crippen MR) is 205 cm³/mol. The van der Waals surface area contributed by atoms with Gasteiger partial charge < -0.3 is 31.7 Å². The largest absolute Gasteiger partial charge is 0.382 e. The molecule has 55 heavy (non-hydrogen) atoms. The third-order valence-electron chi connectivity index (χ3n) is 8.59. The van der Waals surface area contributed by atoms with Crippen molar-refractivity contribution in [2.45, 2.75) is 0 Å². The lowest BCUT2D eigenvalue weighted by Crippen LogP contribution is -2.41. The van der Waals surface area contributed by atoms with E-state index in [-0.39, 0.29) is 34.6 Å². The fourth-order valence-corrected chi connectivity index (χ4v) is 5.73. The number of carbonyl (C=O) groups excluding carboxylic acids is 2. The third kappa shape index (κ3) is 10.0. The average Bonchev–Trinajstić information content (AvgIpc) is 3.18. The molecule has 4 aromatic heterocycles. The van der Waals surface area contributed by atoms with Crippen molar-refractivity contribution in [3.63, 3.8) is 0 Å². The molecule has 0 spiro atoms. The molecule has 1 saturated heterocycles. The number of fused-ring (bicyclic) bond motifs is 2. The van der Waals surface area contributed by atoms with Crippen LogP contribution in [0.3, 0.4) is 0 Å². The monoisotopic (exact) mass is 750 g/mol. The quantitative estimate of drug-likeness (QED) is 0.159. The van der Waals surface area contributed by atoms with Gasteiger partial charge in [0.25, 0.3) is 11.8 Å². The van der Waals surface area contributed by atoms with Gasteiger partial charge in [0.2, 0.25) is 0 Å². The van der Waals surface area contributed by atoms with E-state index in [1.807, 2.05) is 19.0 Å². The van der Waals surface area contributed by atoms with Crippen LogP contribution in [0.4, 0.5) is 20.4 Å². The maximum atomic E-state index is 14.2. The molecular weight excluding hydrogens is 710 g/mol. The van der Waals surface area contributed by atoms with Gasteiger partial charge >= 0.3 is 0 Å². The molecule has 284 valence electrons. The Morgan fingerprint density at radius 1 is 0.727 bits per heavy atom. The molecule has 0 radical (unpaired) electrons. The number of amides is 2. The molecule has 0 unspecified atom stereocenters. The Hall–Kier alpha value is -6.30. The summed E-state index contributed by atoms with van der Waals surface area (Å²) >= 11 is 0. The van der Waals surface area contributed by atoms with Crippen LogP contribution in [0, 0.1) is 11.6 Å². The van der Waals surface area contributed by atoms with Crippen molar-refractivity contribution in [2.24, 2.45) is 0 Å². The number of pyridine rings is 2. The Labute approximate surface area is 315 Å². The van der Waals surface area contributed by atoms with E-state index in [1.54, 1.807) is 36.4 Å². The Balaban J connectivity index is 0.000000188. The lowest BCUT2D eigenvalue weighted by molar-refractivity contribution is 0.0383. The highest BCUT2D eigenvalue weighted by Gasteiger charge is 2.15. The topological polar surface area (TPSA) is 203 Å². The van der Waals surface area contributed by atoms with Crippen LogP contribution < -0.4 is 22.1 Å². The van der Waals surface area contributed by atoms with Crippen molar-refractivity contribution in [1.29, 1.82) is 0 Å². The number of ether oxygens (including phenoxy) is 1. The van der Waals surface area contributed by atoms with Gasteiger partial charge in [0, 0.05) is 61.5 Å². The first-order chi connectivity index (χ1) is 26.5. The zero-order chi connectivity index (χ0) is 38.9. The number of likely N-dealkylation sites (N-methyl/N-ethyl adjacent to an activating group) is 1. The van der Waals surface area contributed by atoms with E-state index >= 15 is 0 Å². The van der Waals surface area contributed by atoms with Gasteiger partial charge in [-0.1, -0.05) is 0 Å². The van der Waals surface area contributed by atoms with Gasteiger partial charge in [-0.2, -0.15) is 0 Å². The summed E-state index contributed by atoms with van der Waals surface area (Å²) in [5, 5.41) is 5.61. The minimum Gasteiger partial charge on any atom is -0.382 e. The summed E-state index contributed by atoms with van der Waals surface area (Å²) < 4.78 is 33.6. The molecule has 0 aliphatic carbocycles. The van der Waals surface area contributed by atoms with Crippen LogP contribution in [-0.4, -0.2) is 118 Å². The van der Waals surface area contributed by atoms with E-state index in [4.69, 9.17) is 16.2 Å². The molecule has 1 aliphatic heterocycles. The second-order valence-corrected chi connectivity index (χ2v) is 12.9. The van der Waals surface area contributed by atoms with Gasteiger partial charge in [-0.25, -0.2) is 38.7 Å². The second kappa shape index (κ2) is 17.7. The van der Waals surface area contributed by atoms with Crippen LogP contribution in [0.25, 0.3) is 44.6 Å². The molecular formula is C38H40F2N12O3. The molecule has 0 atom stereocenters. The summed E-state index contributed by atoms with van der Waals surface area (Å²) in [5.74, 6) is -1.21. The van der Waals surface area contributed by atoms with Gasteiger partial charge in [0.05, 0.1) is 35.6 Å². The summed E-state index contributed by atoms with van der Waals surface area (Å²) in [6.45, 7) is 5.47. The number of hydrogen-bond acceptors (Lipinski definition) is 13. The number of rotatable bonds is 10. The Bertz CT molecular complexity index is 2320. The van der Waals surface area contributed by atoms with Crippen LogP contribution in [-0.2, 0) is 4.74 Å². The van der Waals surface area contributed by atoms with E-state index in [2.05, 4.69) is 45.4 Å². The highest BCUT2D eigenvalue weighted by Crippen LogP contribution is 2.25. The summed E-state index contributed by atoms with van der Waals surface area (Å²) in [6, 6.07) is 15.2. The summed E-state index contributed by atoms with van der Waals surface area (Å²) in [6.07, 6.45) is 2.72. The van der Waals surface area contributed by atoms with Crippen molar-refractivity contribution in [2.75, 3.05) is 78.0 Å². The number of hydrogen-bond donors (Lipinski definition) is 4. The Morgan fingerprint density at radius 2 is 1.22 bits per heavy atom. The molecule has 0 bridgehead atoms. The van der Waals surface area contributed by atoms with Crippen molar-refractivity contribution in [1.82, 2.24) is 50.3 Å². The van der Waals surface area contributed by atoms with Gasteiger partial charge in [0.1, 0.15) is 35.3 Å². The number of carbonyl (C=O) groups is 2. The van der Waals surface area contributed by atoms with Crippen molar-refractivity contribution < 1.29 is 23.1 Å². The second-order valence-electron chi connectivity index (χ2n) is 12.9. The lowest BCUT2D eigenvalue weighted by atomic mass is 10.1. The lowest BCUT2D eigenvalue weighted by Gasteiger charge is -2.26. The van der Waals surface area contributed by atoms with E-state index in [9.17, 15) is 18.4 Å². The van der Waals surface area contributed by atoms with E-state index in [0.717, 1.165) is 19.6 Å². The van der Waals surface area contributed by atoms with Crippen molar-refractivity contribution in [3.8, 4) is 22.5 Å². The minimum atomic E-state index is -0.514. The average molecular weight is 751 g/mol. The molecule has 17 heteroatoms. The van der Waals surface area contributed by atoms with E-state index in [0.29, 0.717) is 77.4 Å². The summed E-state index contributed by atoms with van der Waals surface area (Å²) in [5.41, 5.74) is 16.2. The first-order valence-electron chi connectivity index (χ1n) is 17.4. The number of halogens is 2. The van der Waals surface area contributed by atoms with Crippen LogP contribution in [0.15, 0.2) is 73.3 Å². The minimum absolute atomic E-state index is 0.234. The maximum absolute atomic E-state index is 14.2. The number of morpholine rings is 1. The highest BCUT2D eigenvalue weighted by atomic mass is 19.1. The molecule has 5 heterocycles. The van der Waals surface area contributed by atoms with Gasteiger partial charge in [-0.15, -0.1) is 0 Å². The SMILES string of the molecule is CN(C)CCNC(=O)c1cc(F)cc(-c2ccc3ncnc(N)c3n2)c1.Nc1ncnc2ccc(-c3cc(F)cc(C(=O)NCCN4CCOCC4)c3)nc12. The first kappa shape index (κ1) is 38.4. The summed E-state index contributed by atoms with van der Waals surface area (Å²) in [4.78, 5) is 53.8. The molecule has 6 aromatic rings. The van der Waals surface area contributed by atoms with Crippen molar-refractivity contribution in [3.05, 3.63) is 96.1 Å². The van der Waals surface area contributed by atoms with Gasteiger partial charge in [-0.05, 0) is 74.8 Å². The number of nitrogens with zero attached hydrogens (tertiary/aromatic N) is 8. The molecule has 7 rings (SSSR count). The zero-order valence-electron chi connectivity index (χ0n) is 30.3. The molecule has 1 fully saturated rings. The number of benzene rings is 2. The number of anilines is 2.